The van der Waals surface area contributed by atoms with Crippen LogP contribution in [-0.2, 0) is 10.0 Å². The molecular formula is C10H16N2O2S. The van der Waals surface area contributed by atoms with Crippen molar-refractivity contribution in [2.45, 2.75) is 24.8 Å². The van der Waals surface area contributed by atoms with Gasteiger partial charge in [0, 0.05) is 18.8 Å². The number of primary sulfonamides is 1. The SMILES string of the molecule is CC(C)N(C)c1ccc(S(N)(=O)=O)cc1. The lowest BCUT2D eigenvalue weighted by molar-refractivity contribution is 0.598. The van der Waals surface area contributed by atoms with Crippen molar-refractivity contribution in [1.82, 2.24) is 0 Å². The van der Waals surface area contributed by atoms with Gasteiger partial charge in [-0.25, -0.2) is 13.6 Å². The molecule has 4 nitrogen and oxygen atoms in total. The van der Waals surface area contributed by atoms with Crippen molar-refractivity contribution >= 4 is 15.7 Å². The third-order valence-electron chi connectivity index (χ3n) is 2.35. The number of hydrogen-bond acceptors (Lipinski definition) is 3. The largest absolute Gasteiger partial charge is 0.372 e. The summed E-state index contributed by atoms with van der Waals surface area (Å²) in [7, 11) is -1.63. The van der Waals surface area contributed by atoms with Gasteiger partial charge in [0.1, 0.15) is 0 Å². The van der Waals surface area contributed by atoms with Gasteiger partial charge in [0.15, 0.2) is 0 Å². The van der Waals surface area contributed by atoms with Crippen molar-refractivity contribution in [2.75, 3.05) is 11.9 Å². The summed E-state index contributed by atoms with van der Waals surface area (Å²) in [6, 6.07) is 6.90. The molecule has 1 aromatic carbocycles. The molecule has 0 spiro atoms. The molecule has 0 aromatic heterocycles. The molecule has 0 fully saturated rings. The molecule has 0 aliphatic heterocycles. The van der Waals surface area contributed by atoms with Gasteiger partial charge in [0.05, 0.1) is 4.90 Å². The molecule has 0 unspecified atom stereocenters. The van der Waals surface area contributed by atoms with E-state index in [0.29, 0.717) is 6.04 Å². The Morgan fingerprint density at radius 3 is 2.00 bits per heavy atom. The van der Waals surface area contributed by atoms with Crippen LogP contribution in [0.5, 0.6) is 0 Å². The predicted molar refractivity (Wildman–Crippen MR) is 61.4 cm³/mol. The lowest BCUT2D eigenvalue weighted by Gasteiger charge is -2.23. The van der Waals surface area contributed by atoms with Crippen molar-refractivity contribution in [2.24, 2.45) is 5.14 Å². The van der Waals surface area contributed by atoms with E-state index in [-0.39, 0.29) is 4.90 Å². The first kappa shape index (κ1) is 12.0. The first-order chi connectivity index (χ1) is 6.82. The molecule has 0 aliphatic rings. The lowest BCUT2D eigenvalue weighted by atomic mass is 10.2. The Hall–Kier alpha value is -1.07. The van der Waals surface area contributed by atoms with E-state index in [1.165, 1.54) is 12.1 Å². The highest BCUT2D eigenvalue weighted by Crippen LogP contribution is 2.17. The maximum Gasteiger partial charge on any atom is 0.238 e. The molecule has 5 heteroatoms. The zero-order valence-corrected chi connectivity index (χ0v) is 9.95. The van der Waals surface area contributed by atoms with Crippen LogP contribution in [0.3, 0.4) is 0 Å². The van der Waals surface area contributed by atoms with Gasteiger partial charge >= 0.3 is 0 Å². The monoisotopic (exact) mass is 228 g/mol. The summed E-state index contributed by atoms with van der Waals surface area (Å²) in [6.45, 7) is 4.13. The molecule has 84 valence electrons. The van der Waals surface area contributed by atoms with Gasteiger partial charge in [-0.3, -0.25) is 0 Å². The maximum atomic E-state index is 11.0. The third-order valence-corrected chi connectivity index (χ3v) is 3.28. The van der Waals surface area contributed by atoms with Crippen LogP contribution in [0, 0.1) is 0 Å². The highest BCUT2D eigenvalue weighted by molar-refractivity contribution is 7.89. The van der Waals surface area contributed by atoms with E-state index < -0.39 is 10.0 Å². The van der Waals surface area contributed by atoms with E-state index >= 15 is 0 Å². The summed E-state index contributed by atoms with van der Waals surface area (Å²) in [6.07, 6.45) is 0. The fraction of sp³-hybridized carbons (Fsp3) is 0.400. The van der Waals surface area contributed by atoms with Gasteiger partial charge in [-0.15, -0.1) is 0 Å². The topological polar surface area (TPSA) is 63.4 Å². The number of sulfonamides is 1. The fourth-order valence-electron chi connectivity index (χ4n) is 1.17. The molecule has 0 saturated heterocycles. The molecule has 0 radical (unpaired) electrons. The Kier molecular flexibility index (Phi) is 3.36. The second-order valence-corrected chi connectivity index (χ2v) is 5.30. The van der Waals surface area contributed by atoms with E-state index in [4.69, 9.17) is 5.14 Å². The van der Waals surface area contributed by atoms with Gasteiger partial charge in [-0.2, -0.15) is 0 Å². The Balaban J connectivity index is 3.01. The first-order valence-corrected chi connectivity index (χ1v) is 6.22. The smallest absolute Gasteiger partial charge is 0.238 e. The van der Waals surface area contributed by atoms with Crippen LogP contribution in [0.15, 0.2) is 29.2 Å². The van der Waals surface area contributed by atoms with Crippen molar-refractivity contribution in [3.8, 4) is 0 Å². The molecule has 1 aromatic rings. The van der Waals surface area contributed by atoms with Crippen LogP contribution >= 0.6 is 0 Å². The molecular weight excluding hydrogens is 212 g/mol. The number of nitrogens with two attached hydrogens (primary N) is 1. The number of hydrogen-bond donors (Lipinski definition) is 1. The number of benzene rings is 1. The first-order valence-electron chi connectivity index (χ1n) is 4.68. The summed E-state index contributed by atoms with van der Waals surface area (Å²) >= 11 is 0. The molecule has 0 saturated carbocycles. The third kappa shape index (κ3) is 2.94. The number of rotatable bonds is 3. The van der Waals surface area contributed by atoms with Crippen LogP contribution in [0.1, 0.15) is 13.8 Å². The number of nitrogens with zero attached hydrogens (tertiary/aromatic N) is 1. The highest BCUT2D eigenvalue weighted by Gasteiger charge is 2.09. The van der Waals surface area contributed by atoms with E-state index in [1.807, 2.05) is 11.9 Å². The molecule has 0 amide bonds. The minimum absolute atomic E-state index is 0.142. The van der Waals surface area contributed by atoms with Crippen LogP contribution in [-0.4, -0.2) is 21.5 Å². The molecule has 0 aliphatic carbocycles. The maximum absolute atomic E-state index is 11.0. The number of anilines is 1. The average molecular weight is 228 g/mol. The molecule has 2 N–H and O–H groups in total. The molecule has 0 bridgehead atoms. The van der Waals surface area contributed by atoms with Crippen molar-refractivity contribution in [1.29, 1.82) is 0 Å². The normalized spacial score (nSPS) is 11.8. The van der Waals surface area contributed by atoms with Crippen molar-refractivity contribution < 1.29 is 8.42 Å². The van der Waals surface area contributed by atoms with Gasteiger partial charge in [-0.05, 0) is 38.1 Å². The second-order valence-electron chi connectivity index (χ2n) is 3.74. The summed E-state index contributed by atoms with van der Waals surface area (Å²) in [5, 5.41) is 5.00. The summed E-state index contributed by atoms with van der Waals surface area (Å²) in [5.41, 5.74) is 0.970. The zero-order valence-electron chi connectivity index (χ0n) is 9.14. The summed E-state index contributed by atoms with van der Waals surface area (Å²) < 4.78 is 22.0. The standard InChI is InChI=1S/C10H16N2O2S/c1-8(2)12(3)9-4-6-10(7-5-9)15(11,13)14/h4-8H,1-3H3,(H2,11,13,14). The fourth-order valence-corrected chi connectivity index (χ4v) is 1.68. The van der Waals surface area contributed by atoms with Gasteiger partial charge < -0.3 is 4.90 Å². The van der Waals surface area contributed by atoms with Crippen molar-refractivity contribution in [3.05, 3.63) is 24.3 Å². The van der Waals surface area contributed by atoms with E-state index in [1.54, 1.807) is 12.1 Å². The van der Waals surface area contributed by atoms with Gasteiger partial charge in [0.2, 0.25) is 10.0 Å². The Morgan fingerprint density at radius 1 is 1.20 bits per heavy atom. The van der Waals surface area contributed by atoms with Crippen LogP contribution in [0.2, 0.25) is 0 Å². The second kappa shape index (κ2) is 4.20. The summed E-state index contributed by atoms with van der Waals surface area (Å²) in [5.74, 6) is 0. The zero-order chi connectivity index (χ0) is 11.6. The van der Waals surface area contributed by atoms with E-state index in [0.717, 1.165) is 5.69 Å². The van der Waals surface area contributed by atoms with Crippen LogP contribution in [0.25, 0.3) is 0 Å². The molecule has 0 heterocycles. The predicted octanol–water partition coefficient (Wildman–Crippen LogP) is 1.18. The molecule has 1 rings (SSSR count). The Morgan fingerprint density at radius 2 is 1.67 bits per heavy atom. The lowest BCUT2D eigenvalue weighted by Crippen LogP contribution is -2.25. The van der Waals surface area contributed by atoms with Gasteiger partial charge in [0.25, 0.3) is 0 Å². The minimum atomic E-state index is -3.58. The highest BCUT2D eigenvalue weighted by atomic mass is 32.2. The van der Waals surface area contributed by atoms with E-state index in [9.17, 15) is 8.42 Å². The minimum Gasteiger partial charge on any atom is -0.372 e. The molecule has 0 atom stereocenters. The molecule has 15 heavy (non-hydrogen) atoms. The Labute approximate surface area is 90.8 Å². The Bertz CT molecular complexity index is 423. The summed E-state index contributed by atoms with van der Waals surface area (Å²) in [4.78, 5) is 2.19. The van der Waals surface area contributed by atoms with Crippen LogP contribution < -0.4 is 10.0 Å². The van der Waals surface area contributed by atoms with Crippen LogP contribution in [0.4, 0.5) is 5.69 Å². The van der Waals surface area contributed by atoms with Crippen molar-refractivity contribution in [3.63, 3.8) is 0 Å². The van der Waals surface area contributed by atoms with E-state index in [2.05, 4.69) is 13.8 Å². The van der Waals surface area contributed by atoms with Gasteiger partial charge in [-0.1, -0.05) is 0 Å². The quantitative estimate of drug-likeness (QED) is 0.845. The average Bonchev–Trinajstić information content (AvgIpc) is 2.15.